The van der Waals surface area contributed by atoms with Crippen molar-refractivity contribution in [1.82, 2.24) is 25.2 Å². The Morgan fingerprint density at radius 3 is 3.04 bits per heavy atom. The molecule has 1 amide bonds. The van der Waals surface area contributed by atoms with Gasteiger partial charge in [0.15, 0.2) is 17.3 Å². The van der Waals surface area contributed by atoms with E-state index in [-0.39, 0.29) is 12.7 Å². The Kier molecular flexibility index (Phi) is 4.26. The van der Waals surface area contributed by atoms with Crippen LogP contribution in [0.25, 0.3) is 0 Å². The molecule has 1 aliphatic heterocycles. The van der Waals surface area contributed by atoms with Crippen molar-refractivity contribution in [3.63, 3.8) is 0 Å². The summed E-state index contributed by atoms with van der Waals surface area (Å²) in [6.07, 6.45) is 3.57. The van der Waals surface area contributed by atoms with Crippen molar-refractivity contribution in [3.05, 3.63) is 51.4 Å². The second-order valence-corrected chi connectivity index (χ2v) is 6.49. The van der Waals surface area contributed by atoms with Crippen LogP contribution < -0.4 is 14.8 Å². The van der Waals surface area contributed by atoms with E-state index in [2.05, 4.69) is 43.1 Å². The summed E-state index contributed by atoms with van der Waals surface area (Å²) in [5.41, 5.74) is 0.878. The van der Waals surface area contributed by atoms with Crippen molar-refractivity contribution in [2.75, 3.05) is 6.79 Å². The molecule has 0 saturated heterocycles. The average Bonchev–Trinajstić information content (AvgIpc) is 3.33. The number of hydrogen-bond acceptors (Lipinski definition) is 7. The fourth-order valence-electron chi connectivity index (χ4n) is 2.29. The van der Waals surface area contributed by atoms with Crippen LogP contribution in [0.1, 0.15) is 22.1 Å². The van der Waals surface area contributed by atoms with Crippen LogP contribution in [0.15, 0.2) is 35.1 Å². The number of carbonyl (C=O) groups excluding carboxylic acids is 1. The van der Waals surface area contributed by atoms with Crippen molar-refractivity contribution < 1.29 is 18.8 Å². The molecule has 0 radical (unpaired) electrons. The highest BCUT2D eigenvalue weighted by atomic mass is 127. The minimum atomic E-state index is -0.438. The number of carbonyl (C=O) groups is 1. The first-order valence-electron chi connectivity index (χ1n) is 7.34. The minimum Gasteiger partial charge on any atom is -0.454 e. The standard InChI is InChI=1S/C15H12IN5O4/c16-10-5-18-21(6-10)7-13-19-15(25-20-13)14(22)17-4-9-1-2-11-12(3-9)24-8-23-11/h1-3,5-6H,4,7-8H2,(H,17,22). The molecule has 1 N–H and O–H groups in total. The third kappa shape index (κ3) is 3.57. The first-order valence-corrected chi connectivity index (χ1v) is 8.42. The molecule has 0 spiro atoms. The van der Waals surface area contributed by atoms with Gasteiger partial charge in [-0.05, 0) is 40.3 Å². The van der Waals surface area contributed by atoms with E-state index in [1.165, 1.54) is 0 Å². The summed E-state index contributed by atoms with van der Waals surface area (Å²) >= 11 is 2.16. The Morgan fingerprint density at radius 2 is 2.20 bits per heavy atom. The van der Waals surface area contributed by atoms with Crippen LogP contribution in [0.3, 0.4) is 0 Å². The Bertz CT molecular complexity index is 922. The van der Waals surface area contributed by atoms with Gasteiger partial charge in [0.05, 0.1) is 9.77 Å². The minimum absolute atomic E-state index is 0.0856. The molecule has 4 rings (SSSR count). The Morgan fingerprint density at radius 1 is 1.32 bits per heavy atom. The molecule has 3 aromatic rings. The van der Waals surface area contributed by atoms with E-state index >= 15 is 0 Å². The number of nitrogens with one attached hydrogen (secondary N) is 1. The van der Waals surface area contributed by atoms with Crippen LogP contribution in [0.5, 0.6) is 11.5 Å². The molecule has 128 valence electrons. The van der Waals surface area contributed by atoms with Gasteiger partial charge < -0.3 is 19.3 Å². The van der Waals surface area contributed by atoms with Crippen LogP contribution in [0, 0.1) is 3.57 Å². The first-order chi connectivity index (χ1) is 12.2. The summed E-state index contributed by atoms with van der Waals surface area (Å²) in [6.45, 7) is 0.859. The Labute approximate surface area is 155 Å². The highest BCUT2D eigenvalue weighted by Gasteiger charge is 2.17. The molecule has 0 aliphatic carbocycles. The average molecular weight is 453 g/mol. The monoisotopic (exact) mass is 453 g/mol. The summed E-state index contributed by atoms with van der Waals surface area (Å²) in [5.74, 6) is 1.22. The molecular weight excluding hydrogens is 441 g/mol. The molecule has 0 saturated carbocycles. The van der Waals surface area contributed by atoms with Gasteiger partial charge in [-0.1, -0.05) is 11.2 Å². The molecule has 0 atom stereocenters. The van der Waals surface area contributed by atoms with E-state index in [1.807, 2.05) is 18.3 Å². The largest absolute Gasteiger partial charge is 0.454 e. The van der Waals surface area contributed by atoms with E-state index in [0.717, 1.165) is 9.13 Å². The zero-order chi connectivity index (χ0) is 17.2. The second-order valence-electron chi connectivity index (χ2n) is 5.24. The number of rotatable bonds is 5. The topological polar surface area (TPSA) is 104 Å². The molecule has 1 aliphatic rings. The van der Waals surface area contributed by atoms with Crippen LogP contribution in [0.4, 0.5) is 0 Å². The van der Waals surface area contributed by atoms with E-state index in [9.17, 15) is 4.79 Å². The predicted molar refractivity (Wildman–Crippen MR) is 92.1 cm³/mol. The molecular formula is C15H12IN5O4. The van der Waals surface area contributed by atoms with Gasteiger partial charge in [-0.2, -0.15) is 10.1 Å². The van der Waals surface area contributed by atoms with Gasteiger partial charge in [0.2, 0.25) is 6.79 Å². The van der Waals surface area contributed by atoms with Crippen LogP contribution in [-0.4, -0.2) is 32.6 Å². The van der Waals surface area contributed by atoms with Crippen molar-refractivity contribution in [2.45, 2.75) is 13.1 Å². The van der Waals surface area contributed by atoms with E-state index < -0.39 is 5.91 Å². The molecule has 10 heteroatoms. The number of nitrogens with zero attached hydrogens (tertiary/aromatic N) is 4. The number of aromatic nitrogens is 4. The van der Waals surface area contributed by atoms with Gasteiger partial charge in [-0.25, -0.2) is 0 Å². The van der Waals surface area contributed by atoms with Gasteiger partial charge in [-0.15, -0.1) is 0 Å². The first kappa shape index (κ1) is 15.9. The van der Waals surface area contributed by atoms with E-state index in [1.54, 1.807) is 16.9 Å². The molecule has 25 heavy (non-hydrogen) atoms. The maximum atomic E-state index is 12.1. The maximum Gasteiger partial charge on any atom is 0.316 e. The lowest BCUT2D eigenvalue weighted by Crippen LogP contribution is -2.23. The molecule has 3 heterocycles. The van der Waals surface area contributed by atoms with E-state index in [0.29, 0.717) is 30.4 Å². The van der Waals surface area contributed by atoms with Crippen LogP contribution in [-0.2, 0) is 13.1 Å². The van der Waals surface area contributed by atoms with Crippen LogP contribution in [0.2, 0.25) is 0 Å². The summed E-state index contributed by atoms with van der Waals surface area (Å²) in [4.78, 5) is 16.2. The lowest BCUT2D eigenvalue weighted by Gasteiger charge is -2.03. The van der Waals surface area contributed by atoms with Gasteiger partial charge in [0, 0.05) is 12.7 Å². The fourth-order valence-corrected chi connectivity index (χ4v) is 2.74. The molecule has 0 bridgehead atoms. The molecule has 1 aromatic carbocycles. The lowest BCUT2D eigenvalue weighted by molar-refractivity contribution is 0.0907. The number of halogens is 1. The molecule has 0 fully saturated rings. The van der Waals surface area contributed by atoms with Crippen molar-refractivity contribution in [3.8, 4) is 11.5 Å². The van der Waals surface area contributed by atoms with Crippen molar-refractivity contribution in [2.24, 2.45) is 0 Å². The van der Waals surface area contributed by atoms with E-state index in [4.69, 9.17) is 14.0 Å². The van der Waals surface area contributed by atoms with Crippen LogP contribution >= 0.6 is 22.6 Å². The zero-order valence-corrected chi connectivity index (χ0v) is 15.0. The normalized spacial score (nSPS) is 12.4. The number of benzene rings is 1. The maximum absolute atomic E-state index is 12.1. The molecule has 0 unspecified atom stereocenters. The lowest BCUT2D eigenvalue weighted by atomic mass is 10.2. The summed E-state index contributed by atoms with van der Waals surface area (Å²) in [6, 6.07) is 5.48. The molecule has 2 aromatic heterocycles. The Hall–Kier alpha value is -2.63. The van der Waals surface area contributed by atoms with Gasteiger partial charge in [0.25, 0.3) is 0 Å². The number of fused-ring (bicyclic) bond motifs is 1. The summed E-state index contributed by atoms with van der Waals surface area (Å²) in [5, 5.41) is 10.7. The SMILES string of the molecule is O=C(NCc1ccc2c(c1)OCO2)c1nc(Cn2cc(I)cn2)no1. The Balaban J connectivity index is 1.36. The van der Waals surface area contributed by atoms with Crippen molar-refractivity contribution in [1.29, 1.82) is 0 Å². The smallest absolute Gasteiger partial charge is 0.316 e. The highest BCUT2D eigenvalue weighted by Crippen LogP contribution is 2.32. The summed E-state index contributed by atoms with van der Waals surface area (Å²) in [7, 11) is 0. The molecule has 9 nitrogen and oxygen atoms in total. The van der Waals surface area contributed by atoms with Gasteiger partial charge in [-0.3, -0.25) is 9.48 Å². The zero-order valence-electron chi connectivity index (χ0n) is 12.8. The number of amides is 1. The quantitative estimate of drug-likeness (QED) is 0.585. The van der Waals surface area contributed by atoms with Crippen molar-refractivity contribution >= 4 is 28.5 Å². The third-order valence-corrected chi connectivity index (χ3v) is 4.01. The summed E-state index contributed by atoms with van der Waals surface area (Å²) < 4.78 is 18.2. The third-order valence-electron chi connectivity index (χ3n) is 3.46. The number of hydrogen-bond donors (Lipinski definition) is 1. The highest BCUT2D eigenvalue weighted by molar-refractivity contribution is 14.1. The second kappa shape index (κ2) is 6.70. The predicted octanol–water partition coefficient (Wildman–Crippen LogP) is 1.58. The van der Waals surface area contributed by atoms with Gasteiger partial charge in [0.1, 0.15) is 6.54 Å². The fraction of sp³-hybridized carbons (Fsp3) is 0.200. The van der Waals surface area contributed by atoms with Gasteiger partial charge >= 0.3 is 11.8 Å². The number of ether oxygens (including phenoxy) is 2.